The second-order valence-electron chi connectivity index (χ2n) is 38.0. The van der Waals surface area contributed by atoms with Gasteiger partial charge in [0, 0.05) is 163 Å². The van der Waals surface area contributed by atoms with E-state index < -0.39 is 0 Å². The Morgan fingerprint density at radius 1 is 0.127 bits per heavy atom. The van der Waals surface area contributed by atoms with E-state index in [0.29, 0.717) is 0 Å². The number of fused-ring (bicyclic) bond motifs is 18. The van der Waals surface area contributed by atoms with Gasteiger partial charge in [-0.2, -0.15) is 0 Å². The van der Waals surface area contributed by atoms with Gasteiger partial charge in [-0.15, -0.1) is 0 Å². The van der Waals surface area contributed by atoms with Crippen LogP contribution in [0.2, 0.25) is 0 Å². The van der Waals surface area contributed by atoms with Crippen LogP contribution < -0.4 is 0 Å². The molecule has 0 amide bonds. The minimum Gasteiger partial charge on any atom is -0.309 e. The Kier molecular flexibility index (Phi) is 21.6. The minimum absolute atomic E-state index is 0.890. The van der Waals surface area contributed by atoms with Crippen LogP contribution in [0.3, 0.4) is 0 Å². The van der Waals surface area contributed by atoms with Gasteiger partial charge in [0.05, 0.1) is 83.8 Å². The summed E-state index contributed by atoms with van der Waals surface area (Å²) in [5.74, 6) is 0.890. The second-order valence-corrected chi connectivity index (χ2v) is 38.0. The molecule has 0 bridgehead atoms. The van der Waals surface area contributed by atoms with Gasteiger partial charge in [0.25, 0.3) is 0 Å². The lowest BCUT2D eigenvalue weighted by Crippen LogP contribution is -2.00. The van der Waals surface area contributed by atoms with Gasteiger partial charge in [0.2, 0.25) is 0 Å². The zero-order chi connectivity index (χ0) is 99.1. The Hall–Kier alpha value is -20.4. The number of hydrogen-bond donors (Lipinski definition) is 0. The van der Waals surface area contributed by atoms with Gasteiger partial charge in [0.1, 0.15) is 22.8 Å². The number of para-hydroxylation sites is 9. The van der Waals surface area contributed by atoms with Crippen LogP contribution in [-0.2, 0) is 0 Å². The predicted octanol–water partition coefficient (Wildman–Crippen LogP) is 34.4. The first kappa shape index (κ1) is 87.4. The smallest absolute Gasteiger partial charge is 0.145 e. The molecular weight excluding hydrogens is 1830 g/mol. The summed E-state index contributed by atoms with van der Waals surface area (Å²) >= 11 is 0. The molecule has 0 unspecified atom stereocenters. The Bertz CT molecular complexity index is 9320. The molecule has 13 aromatic heterocycles. The molecule has 0 spiro atoms. The summed E-state index contributed by atoms with van der Waals surface area (Å²) in [6.07, 6.45) is 9.72. The molecule has 13 heteroatoms. The maximum atomic E-state index is 5.29. The fourth-order valence-corrected chi connectivity index (χ4v) is 22.2. The van der Waals surface area contributed by atoms with E-state index in [2.05, 4.69) is 482 Å². The summed E-state index contributed by atoms with van der Waals surface area (Å²) in [5, 5.41) is 14.1. The van der Waals surface area contributed by atoms with Crippen LogP contribution in [-0.4, -0.2) is 62.3 Å². The van der Waals surface area contributed by atoms with Crippen LogP contribution in [0.25, 0.3) is 266 Å². The molecule has 0 radical (unpaired) electrons. The lowest BCUT2D eigenvalue weighted by atomic mass is 10.0. The van der Waals surface area contributed by atoms with E-state index in [1.165, 1.54) is 48.5 Å². The molecule has 0 fully saturated rings. The average molecular weight is 1920 g/mol. The number of pyridine rings is 7. The van der Waals surface area contributed by atoms with Crippen LogP contribution in [0.15, 0.2) is 541 Å². The number of aromatic nitrogens is 13. The summed E-state index contributed by atoms with van der Waals surface area (Å²) in [6.45, 7) is 0. The zero-order valence-electron chi connectivity index (χ0n) is 81.2. The number of nitrogens with zero attached hydrogens (tertiary/aromatic N) is 13. The fourth-order valence-electron chi connectivity index (χ4n) is 22.2. The van der Waals surface area contributed by atoms with E-state index in [-0.39, 0.29) is 0 Å². The Balaban J connectivity index is 0.000000108. The first-order chi connectivity index (χ1) is 74.4. The van der Waals surface area contributed by atoms with Crippen molar-refractivity contribution in [2.24, 2.45) is 0 Å². The third-order valence-corrected chi connectivity index (χ3v) is 29.1. The molecule has 0 saturated carbocycles. The van der Waals surface area contributed by atoms with E-state index in [4.69, 9.17) is 34.9 Å². The van der Waals surface area contributed by atoms with E-state index in [1.54, 1.807) is 0 Å². The van der Waals surface area contributed by atoms with Crippen molar-refractivity contribution in [3.63, 3.8) is 0 Å². The molecule has 702 valence electrons. The van der Waals surface area contributed by atoms with Crippen molar-refractivity contribution >= 4 is 131 Å². The molecule has 150 heavy (non-hydrogen) atoms. The largest absolute Gasteiger partial charge is 0.309 e. The van der Waals surface area contributed by atoms with E-state index in [0.717, 1.165) is 218 Å². The van der Waals surface area contributed by atoms with E-state index in [1.807, 2.05) is 85.6 Å². The molecule has 0 saturated heterocycles. The summed E-state index contributed by atoms with van der Waals surface area (Å²) in [4.78, 5) is 35.1. The Morgan fingerprint density at radius 3 is 0.747 bits per heavy atom. The summed E-state index contributed by atoms with van der Waals surface area (Å²) in [7, 11) is 0. The third kappa shape index (κ3) is 15.5. The van der Waals surface area contributed by atoms with Gasteiger partial charge in [-0.1, -0.05) is 315 Å². The van der Waals surface area contributed by atoms with Gasteiger partial charge in [0.15, 0.2) is 0 Å². The van der Waals surface area contributed by atoms with Crippen LogP contribution in [0.1, 0.15) is 0 Å². The van der Waals surface area contributed by atoms with Crippen molar-refractivity contribution in [2.45, 2.75) is 0 Å². The molecule has 13 heterocycles. The summed E-state index contributed by atoms with van der Waals surface area (Å²) in [6, 6.07) is 180. The quantitative estimate of drug-likeness (QED) is 0.100. The standard InChI is InChI=1S/2C46H30N4.C45H29N5/c1-4-14-31(15-5-1)34-28-41(32-16-6-2-7-17-32)48-45(29-34)50-43-23-13-10-20-37(43)39-26-33(24-25-44(39)50)35-27-40-38-21-11-12-22-42(38)49(46(40)47-30-35)36-18-8-3-9-19-36;1-4-14-31(15-5-1)41-28-36(29-42(48-41)32-16-6-2-7-17-32)49-43-22-12-10-20-37(43)39-26-33(24-25-45(39)49)34-27-40-38-21-11-13-23-44(38)50(46(40)47-30-34)35-18-8-3-9-19-35;1-2-12-34(13-3-1)50-43-19-7-5-15-37(43)39-28-33(29-48-45(39)50)30-20-21-44-38(27-30)36-14-4-6-18-42(36)49(44)35-25-31(40-16-8-10-22-46-40)24-32(26-35)41-17-9-11-23-47-41/h2*1-30H;1-29H. The molecule has 13 nitrogen and oxygen atoms in total. The van der Waals surface area contributed by atoms with Gasteiger partial charge in [-0.3, -0.25) is 28.2 Å². The number of benzene rings is 17. The van der Waals surface area contributed by atoms with Crippen LogP contribution in [0.4, 0.5) is 0 Å². The molecule has 0 aliphatic carbocycles. The van der Waals surface area contributed by atoms with Crippen molar-refractivity contribution in [1.82, 2.24) is 62.3 Å². The summed E-state index contributed by atoms with van der Waals surface area (Å²) < 4.78 is 13.8. The molecule has 17 aromatic carbocycles. The lowest BCUT2D eigenvalue weighted by Gasteiger charge is -2.13. The highest BCUT2D eigenvalue weighted by molar-refractivity contribution is 6.17. The minimum atomic E-state index is 0.890. The molecule has 0 aliphatic rings. The van der Waals surface area contributed by atoms with E-state index in [9.17, 15) is 0 Å². The second kappa shape index (κ2) is 37.1. The molecular formula is C137H89N13. The lowest BCUT2D eigenvalue weighted by molar-refractivity contribution is 1.08. The number of rotatable bonds is 15. The third-order valence-electron chi connectivity index (χ3n) is 29.1. The molecule has 0 atom stereocenters. The molecule has 30 aromatic rings. The van der Waals surface area contributed by atoms with Gasteiger partial charge >= 0.3 is 0 Å². The van der Waals surface area contributed by atoms with Gasteiger partial charge < -0.3 is 9.13 Å². The highest BCUT2D eigenvalue weighted by Gasteiger charge is 2.26. The topological polar surface area (TPSA) is 120 Å². The van der Waals surface area contributed by atoms with Crippen molar-refractivity contribution in [3.05, 3.63) is 541 Å². The highest BCUT2D eigenvalue weighted by Crippen LogP contribution is 2.46. The SMILES string of the molecule is c1ccc(-c2cc(-c3ccccc3)nc(-n3c4ccccc4c4cc(-c5cnc6c(c5)c5ccccc5n6-c5ccccc5)ccc43)c2)cc1.c1ccc(-c2cc(-n3c4ccccc4c4cc(-c5cnc6c(c5)c5ccccc5n6-c5ccccc5)ccc43)cc(-c3ccccc3)n2)cc1.c1ccc(-n2c3ccccc3c3cc(-c4ccc5c(c4)c4ccccc4n5-c4cc(-c5ccccn5)cc(-c5ccccn5)c4)cnc32)cc1. The Morgan fingerprint density at radius 2 is 0.400 bits per heavy atom. The van der Waals surface area contributed by atoms with Gasteiger partial charge in [-0.25, -0.2) is 24.9 Å². The first-order valence-electron chi connectivity index (χ1n) is 50.6. The monoisotopic (exact) mass is 1920 g/mol. The van der Waals surface area contributed by atoms with Crippen LogP contribution in [0.5, 0.6) is 0 Å². The maximum absolute atomic E-state index is 5.29. The fraction of sp³-hybridized carbons (Fsp3) is 0. The van der Waals surface area contributed by atoms with Crippen molar-refractivity contribution in [3.8, 4) is 135 Å². The Labute approximate surface area is 863 Å². The van der Waals surface area contributed by atoms with Crippen molar-refractivity contribution in [2.75, 3.05) is 0 Å². The average Bonchev–Trinajstić information content (AvgIpc) is 1.59. The predicted molar refractivity (Wildman–Crippen MR) is 619 cm³/mol. The maximum Gasteiger partial charge on any atom is 0.145 e. The van der Waals surface area contributed by atoms with E-state index >= 15 is 0 Å². The number of hydrogen-bond acceptors (Lipinski definition) is 7. The van der Waals surface area contributed by atoms with Crippen LogP contribution in [0, 0.1) is 0 Å². The van der Waals surface area contributed by atoms with Crippen molar-refractivity contribution < 1.29 is 0 Å². The summed E-state index contributed by atoms with van der Waals surface area (Å²) in [5.41, 5.74) is 37.6. The van der Waals surface area contributed by atoms with Crippen molar-refractivity contribution in [1.29, 1.82) is 0 Å². The van der Waals surface area contributed by atoms with Crippen LogP contribution >= 0.6 is 0 Å². The molecule has 0 aliphatic heterocycles. The molecule has 30 rings (SSSR count). The highest BCUT2D eigenvalue weighted by atomic mass is 15.1. The first-order valence-corrected chi connectivity index (χ1v) is 50.6. The normalized spacial score (nSPS) is 11.6. The zero-order valence-corrected chi connectivity index (χ0v) is 81.2. The molecule has 0 N–H and O–H groups in total. The van der Waals surface area contributed by atoms with Gasteiger partial charge in [-0.05, 0) is 222 Å².